The van der Waals surface area contributed by atoms with Gasteiger partial charge in [-0.25, -0.2) is 9.59 Å². The van der Waals surface area contributed by atoms with E-state index in [1.54, 1.807) is 13.8 Å². The van der Waals surface area contributed by atoms with Crippen molar-refractivity contribution in [2.45, 2.75) is 20.4 Å². The number of ether oxygens (including phenoxy) is 1. The number of aromatic nitrogens is 2. The van der Waals surface area contributed by atoms with E-state index in [0.29, 0.717) is 15.4 Å². The predicted molar refractivity (Wildman–Crippen MR) is 92.0 cm³/mol. The number of rotatable bonds is 4. The monoisotopic (exact) mass is 344 g/mol. The van der Waals surface area contributed by atoms with E-state index in [-0.39, 0.29) is 18.7 Å². The van der Waals surface area contributed by atoms with E-state index in [4.69, 9.17) is 4.74 Å². The molecule has 6 nitrogen and oxygen atoms in total. The molecule has 0 radical (unpaired) electrons. The number of hydrogen-bond donors (Lipinski definition) is 0. The lowest BCUT2D eigenvalue weighted by atomic mass is 10.2. The van der Waals surface area contributed by atoms with E-state index < -0.39 is 11.7 Å². The fraction of sp³-hybridized carbons (Fsp3) is 0.235. The van der Waals surface area contributed by atoms with Gasteiger partial charge in [0.1, 0.15) is 9.71 Å². The third kappa shape index (κ3) is 2.78. The molecule has 0 aliphatic heterocycles. The van der Waals surface area contributed by atoms with E-state index in [2.05, 4.69) is 0 Å². The highest BCUT2D eigenvalue weighted by Gasteiger charge is 2.19. The van der Waals surface area contributed by atoms with E-state index in [1.807, 2.05) is 30.3 Å². The summed E-state index contributed by atoms with van der Waals surface area (Å²) in [4.78, 5) is 37.8. The first-order chi connectivity index (χ1) is 11.5. The lowest BCUT2D eigenvalue weighted by molar-refractivity contribution is 0.0531. The second kappa shape index (κ2) is 6.45. The average molecular weight is 344 g/mol. The number of aryl methyl sites for hydroxylation is 1. The molecule has 7 heteroatoms. The lowest BCUT2D eigenvalue weighted by Gasteiger charge is -2.06. The van der Waals surface area contributed by atoms with Gasteiger partial charge in [-0.05, 0) is 19.4 Å². The predicted octanol–water partition coefficient (Wildman–Crippen LogP) is 2.06. The number of fused-ring (bicyclic) bond motifs is 1. The highest BCUT2D eigenvalue weighted by molar-refractivity contribution is 7.19. The molecule has 3 aromatic rings. The molecule has 124 valence electrons. The number of benzene rings is 1. The van der Waals surface area contributed by atoms with Crippen LogP contribution in [0.1, 0.15) is 27.9 Å². The summed E-state index contributed by atoms with van der Waals surface area (Å²) in [6, 6.07) is 10.7. The topological polar surface area (TPSA) is 69.8 Å². The normalized spacial score (nSPS) is 10.9. The second-order valence-corrected chi connectivity index (χ2v) is 6.28. The molecule has 3 rings (SSSR count). The van der Waals surface area contributed by atoms with E-state index in [9.17, 15) is 14.4 Å². The molecule has 0 fully saturated rings. The molecule has 0 aliphatic carbocycles. The van der Waals surface area contributed by atoms with Gasteiger partial charge < -0.3 is 4.74 Å². The Morgan fingerprint density at radius 1 is 1.21 bits per heavy atom. The molecule has 0 N–H and O–H groups in total. The highest BCUT2D eigenvalue weighted by Crippen LogP contribution is 2.21. The molecular formula is C17H16N2O4S. The van der Waals surface area contributed by atoms with Crippen LogP contribution >= 0.6 is 11.3 Å². The Labute approximate surface area is 141 Å². The summed E-state index contributed by atoms with van der Waals surface area (Å²) in [7, 11) is 0. The smallest absolute Gasteiger partial charge is 0.350 e. The van der Waals surface area contributed by atoms with Crippen LogP contribution in [-0.4, -0.2) is 21.5 Å². The maximum absolute atomic E-state index is 12.7. The van der Waals surface area contributed by atoms with E-state index in [1.165, 1.54) is 10.5 Å². The zero-order valence-electron chi connectivity index (χ0n) is 13.3. The molecule has 2 aromatic heterocycles. The molecule has 0 saturated carbocycles. The molecule has 0 amide bonds. The summed E-state index contributed by atoms with van der Waals surface area (Å²) in [5.41, 5.74) is 0.501. The average Bonchev–Trinajstić information content (AvgIpc) is 2.89. The summed E-state index contributed by atoms with van der Waals surface area (Å²) < 4.78 is 7.56. The van der Waals surface area contributed by atoms with Crippen molar-refractivity contribution in [2.75, 3.05) is 6.61 Å². The van der Waals surface area contributed by atoms with Crippen molar-refractivity contribution in [3.63, 3.8) is 0 Å². The van der Waals surface area contributed by atoms with Crippen molar-refractivity contribution in [3.8, 4) is 0 Å². The molecule has 2 heterocycles. The fourth-order valence-corrected chi connectivity index (χ4v) is 3.58. The zero-order chi connectivity index (χ0) is 17.3. The molecule has 0 saturated heterocycles. The standard InChI is InChI=1S/C17H16N2O4S/c1-3-23-16(21)15-11(2)19-14(24-15)9-13(20)18(17(19)22)10-12-7-5-4-6-8-12/h4-9H,3,10H2,1-2H3. The van der Waals surface area contributed by atoms with Crippen LogP contribution in [0.4, 0.5) is 0 Å². The summed E-state index contributed by atoms with van der Waals surface area (Å²) in [5.74, 6) is -0.481. The van der Waals surface area contributed by atoms with Gasteiger partial charge in [0.25, 0.3) is 5.56 Å². The minimum Gasteiger partial charge on any atom is -0.462 e. The Morgan fingerprint density at radius 2 is 1.92 bits per heavy atom. The first-order valence-corrected chi connectivity index (χ1v) is 8.31. The number of nitrogens with zero attached hydrogens (tertiary/aromatic N) is 2. The number of esters is 1. The van der Waals surface area contributed by atoms with Crippen LogP contribution in [-0.2, 0) is 11.3 Å². The number of thiazole rings is 1. The van der Waals surface area contributed by atoms with Crippen molar-refractivity contribution in [1.82, 2.24) is 8.97 Å². The summed E-state index contributed by atoms with van der Waals surface area (Å²) in [6.45, 7) is 3.83. The third-order valence-electron chi connectivity index (χ3n) is 3.67. The molecule has 1 aromatic carbocycles. The van der Waals surface area contributed by atoms with Crippen LogP contribution in [0.5, 0.6) is 0 Å². The summed E-state index contributed by atoms with van der Waals surface area (Å²) in [5, 5.41) is 0. The fourth-order valence-electron chi connectivity index (χ4n) is 2.52. The summed E-state index contributed by atoms with van der Waals surface area (Å²) >= 11 is 1.09. The minimum atomic E-state index is -0.481. The largest absolute Gasteiger partial charge is 0.462 e. The SMILES string of the molecule is CCOC(=O)c1sc2cc(=O)n(Cc3ccccc3)c(=O)n2c1C. The van der Waals surface area contributed by atoms with Crippen molar-refractivity contribution in [2.24, 2.45) is 0 Å². The number of carbonyl (C=O) groups is 1. The molecule has 24 heavy (non-hydrogen) atoms. The van der Waals surface area contributed by atoms with Crippen molar-refractivity contribution in [1.29, 1.82) is 0 Å². The van der Waals surface area contributed by atoms with Gasteiger partial charge in [0, 0.05) is 6.07 Å². The van der Waals surface area contributed by atoms with Gasteiger partial charge in [-0.3, -0.25) is 13.8 Å². The molecule has 0 atom stereocenters. The van der Waals surface area contributed by atoms with Gasteiger partial charge in [-0.15, -0.1) is 11.3 Å². The Hall–Kier alpha value is -2.67. The Kier molecular flexibility index (Phi) is 4.35. The molecular weight excluding hydrogens is 328 g/mol. The van der Waals surface area contributed by atoms with Crippen molar-refractivity contribution >= 4 is 22.1 Å². The first kappa shape index (κ1) is 16.2. The lowest BCUT2D eigenvalue weighted by Crippen LogP contribution is -2.37. The Morgan fingerprint density at radius 3 is 2.58 bits per heavy atom. The van der Waals surface area contributed by atoms with Crippen LogP contribution in [0.15, 0.2) is 46.0 Å². The van der Waals surface area contributed by atoms with Crippen LogP contribution < -0.4 is 11.2 Å². The maximum Gasteiger partial charge on any atom is 0.350 e. The zero-order valence-corrected chi connectivity index (χ0v) is 14.1. The Balaban J connectivity index is 2.16. The molecule has 0 spiro atoms. The van der Waals surface area contributed by atoms with Gasteiger partial charge in [0.05, 0.1) is 18.8 Å². The number of carbonyl (C=O) groups excluding carboxylic acids is 1. The molecule has 0 unspecified atom stereocenters. The second-order valence-electron chi connectivity index (χ2n) is 5.25. The quantitative estimate of drug-likeness (QED) is 0.679. The van der Waals surface area contributed by atoms with Gasteiger partial charge in [-0.1, -0.05) is 30.3 Å². The van der Waals surface area contributed by atoms with E-state index in [0.717, 1.165) is 21.5 Å². The first-order valence-electron chi connectivity index (χ1n) is 7.50. The van der Waals surface area contributed by atoms with Gasteiger partial charge in [-0.2, -0.15) is 0 Å². The number of hydrogen-bond acceptors (Lipinski definition) is 5. The maximum atomic E-state index is 12.7. The van der Waals surface area contributed by atoms with Crippen molar-refractivity contribution < 1.29 is 9.53 Å². The molecule has 0 bridgehead atoms. The third-order valence-corrected chi connectivity index (χ3v) is 4.85. The highest BCUT2D eigenvalue weighted by atomic mass is 32.1. The summed E-state index contributed by atoms with van der Waals surface area (Å²) in [6.07, 6.45) is 0. The van der Waals surface area contributed by atoms with Crippen LogP contribution in [0.2, 0.25) is 0 Å². The van der Waals surface area contributed by atoms with Gasteiger partial charge in [0.15, 0.2) is 0 Å². The van der Waals surface area contributed by atoms with Crippen LogP contribution in [0.3, 0.4) is 0 Å². The Bertz CT molecular complexity index is 1010. The van der Waals surface area contributed by atoms with Crippen LogP contribution in [0, 0.1) is 6.92 Å². The van der Waals surface area contributed by atoms with Gasteiger partial charge >= 0.3 is 11.7 Å². The van der Waals surface area contributed by atoms with Crippen molar-refractivity contribution in [3.05, 3.63) is 73.4 Å². The van der Waals surface area contributed by atoms with E-state index >= 15 is 0 Å². The minimum absolute atomic E-state index is 0.186. The van der Waals surface area contributed by atoms with Gasteiger partial charge in [0.2, 0.25) is 0 Å². The molecule has 0 aliphatic rings. The van der Waals surface area contributed by atoms with Crippen LogP contribution in [0.25, 0.3) is 4.83 Å².